The monoisotopic (exact) mass is 278 g/mol. The highest BCUT2D eigenvalue weighted by Crippen LogP contribution is 2.13. The van der Waals surface area contributed by atoms with E-state index in [-0.39, 0.29) is 18.7 Å². The van der Waals surface area contributed by atoms with Gasteiger partial charge in [-0.1, -0.05) is 0 Å². The number of esters is 1. The first-order valence-corrected chi connectivity index (χ1v) is 6.54. The van der Waals surface area contributed by atoms with Crippen molar-refractivity contribution < 1.29 is 19.1 Å². The summed E-state index contributed by atoms with van der Waals surface area (Å²) < 4.78 is 10.1. The van der Waals surface area contributed by atoms with Crippen LogP contribution < -0.4 is 10.2 Å². The van der Waals surface area contributed by atoms with E-state index in [0.717, 1.165) is 5.56 Å². The molecular formula is C14H18N2O4. The van der Waals surface area contributed by atoms with E-state index in [1.807, 2.05) is 19.1 Å². The number of hydroxylamine groups is 1. The smallest absolute Gasteiger partial charge is 0.344 e. The van der Waals surface area contributed by atoms with E-state index in [0.29, 0.717) is 24.7 Å². The zero-order valence-corrected chi connectivity index (χ0v) is 11.6. The van der Waals surface area contributed by atoms with Crippen molar-refractivity contribution in [1.82, 2.24) is 5.48 Å². The molecule has 0 saturated carbocycles. The molecule has 20 heavy (non-hydrogen) atoms. The van der Waals surface area contributed by atoms with E-state index in [1.54, 1.807) is 19.1 Å². The summed E-state index contributed by atoms with van der Waals surface area (Å²) in [7, 11) is 0. The molecule has 6 heteroatoms. The lowest BCUT2D eigenvalue weighted by atomic mass is 10.2. The fourth-order valence-electron chi connectivity index (χ4n) is 1.65. The third-order valence-electron chi connectivity index (χ3n) is 2.65. The molecule has 1 unspecified atom stereocenters. The van der Waals surface area contributed by atoms with Crippen LogP contribution in [0, 0.1) is 0 Å². The van der Waals surface area contributed by atoms with E-state index in [4.69, 9.17) is 14.3 Å². The van der Waals surface area contributed by atoms with Crippen LogP contribution in [0.15, 0.2) is 29.3 Å². The Bertz CT molecular complexity index is 484. The lowest BCUT2D eigenvalue weighted by Crippen LogP contribution is -2.35. The highest BCUT2D eigenvalue weighted by molar-refractivity contribution is 5.98. The second-order valence-corrected chi connectivity index (χ2v) is 4.34. The Kier molecular flexibility index (Phi) is 4.95. The van der Waals surface area contributed by atoms with Gasteiger partial charge in [0.2, 0.25) is 0 Å². The summed E-state index contributed by atoms with van der Waals surface area (Å²) in [5, 5.41) is 0. The molecule has 1 heterocycles. The van der Waals surface area contributed by atoms with Crippen LogP contribution in [0.1, 0.15) is 19.4 Å². The van der Waals surface area contributed by atoms with Crippen LogP contribution in [0.25, 0.3) is 0 Å². The number of hydrogen-bond acceptors (Lipinski definition) is 6. The lowest BCUT2D eigenvalue weighted by Gasteiger charge is -2.19. The number of carbonyl (C=O) groups excluding carboxylic acids is 1. The summed E-state index contributed by atoms with van der Waals surface area (Å²) in [6, 6.07) is 7.25. The van der Waals surface area contributed by atoms with E-state index in [9.17, 15) is 4.79 Å². The van der Waals surface area contributed by atoms with Crippen LogP contribution >= 0.6 is 0 Å². The third-order valence-corrected chi connectivity index (χ3v) is 2.65. The van der Waals surface area contributed by atoms with Gasteiger partial charge in [0.1, 0.15) is 11.9 Å². The van der Waals surface area contributed by atoms with Gasteiger partial charge in [-0.15, -0.1) is 0 Å². The van der Waals surface area contributed by atoms with E-state index in [2.05, 4.69) is 10.5 Å². The number of carbonyl (C=O) groups is 1. The largest absolute Gasteiger partial charge is 0.482 e. The molecular weight excluding hydrogens is 260 g/mol. The molecule has 1 aromatic carbocycles. The van der Waals surface area contributed by atoms with Crippen molar-refractivity contribution in [3.63, 3.8) is 0 Å². The first-order valence-electron chi connectivity index (χ1n) is 6.54. The zero-order chi connectivity index (χ0) is 14.4. The minimum atomic E-state index is -0.378. The number of aliphatic imine (C=N–C) groups is 1. The first-order chi connectivity index (χ1) is 9.69. The minimum absolute atomic E-state index is 0.0749. The van der Waals surface area contributed by atoms with Crippen molar-refractivity contribution in [1.29, 1.82) is 0 Å². The predicted molar refractivity (Wildman–Crippen MR) is 73.7 cm³/mol. The van der Waals surface area contributed by atoms with Gasteiger partial charge in [-0.05, 0) is 38.1 Å². The van der Waals surface area contributed by atoms with Crippen molar-refractivity contribution in [3.8, 4) is 5.75 Å². The highest BCUT2D eigenvalue weighted by Gasteiger charge is 2.12. The lowest BCUT2D eigenvalue weighted by molar-refractivity contribution is -0.145. The number of amidine groups is 1. The topological polar surface area (TPSA) is 69.2 Å². The molecule has 1 aliphatic rings. The molecule has 1 aromatic rings. The molecule has 1 atom stereocenters. The average molecular weight is 278 g/mol. The van der Waals surface area contributed by atoms with Crippen LogP contribution in [0.5, 0.6) is 5.75 Å². The van der Waals surface area contributed by atoms with Gasteiger partial charge in [0.15, 0.2) is 12.4 Å². The Hall–Kier alpha value is -2.08. The fourth-order valence-corrected chi connectivity index (χ4v) is 1.65. The molecule has 1 N–H and O–H groups in total. The van der Waals surface area contributed by atoms with Gasteiger partial charge >= 0.3 is 5.97 Å². The van der Waals surface area contributed by atoms with Gasteiger partial charge in [-0.25, -0.2) is 10.3 Å². The molecule has 1 aliphatic heterocycles. The molecule has 6 nitrogen and oxygen atoms in total. The Morgan fingerprint density at radius 2 is 2.20 bits per heavy atom. The Balaban J connectivity index is 1.91. The molecule has 0 fully saturated rings. The van der Waals surface area contributed by atoms with Gasteiger partial charge in [0, 0.05) is 5.56 Å². The van der Waals surface area contributed by atoms with Crippen LogP contribution in [0.2, 0.25) is 0 Å². The summed E-state index contributed by atoms with van der Waals surface area (Å²) in [5.41, 5.74) is 3.71. The van der Waals surface area contributed by atoms with E-state index < -0.39 is 0 Å². The van der Waals surface area contributed by atoms with Gasteiger partial charge in [0.25, 0.3) is 0 Å². The van der Waals surface area contributed by atoms with Crippen molar-refractivity contribution in [3.05, 3.63) is 29.8 Å². The second-order valence-electron chi connectivity index (χ2n) is 4.34. The van der Waals surface area contributed by atoms with Gasteiger partial charge < -0.3 is 9.47 Å². The molecule has 108 valence electrons. The molecule has 0 radical (unpaired) electrons. The number of nitrogens with one attached hydrogen (secondary N) is 1. The average Bonchev–Trinajstić information content (AvgIpc) is 2.47. The first kappa shape index (κ1) is 14.3. The van der Waals surface area contributed by atoms with E-state index in [1.165, 1.54) is 0 Å². The van der Waals surface area contributed by atoms with Crippen molar-refractivity contribution in [2.75, 3.05) is 19.8 Å². The van der Waals surface area contributed by atoms with Crippen LogP contribution in [-0.4, -0.2) is 37.7 Å². The van der Waals surface area contributed by atoms with Crippen LogP contribution in [0.4, 0.5) is 0 Å². The number of hydrogen-bond donors (Lipinski definition) is 1. The number of benzene rings is 1. The standard InChI is InChI=1S/C14H18N2O4/c1-3-18-13(17)9-19-12-6-4-11(5-7-12)14-15-8-10(2)20-16-14/h4-7,10H,3,8-9H2,1-2H3,(H,15,16). The zero-order valence-electron chi connectivity index (χ0n) is 11.6. The SMILES string of the molecule is CCOC(=O)COc1ccc(C2=NCC(C)ON2)cc1. The Morgan fingerprint density at radius 3 is 2.80 bits per heavy atom. The molecule has 0 aromatic heterocycles. The van der Waals surface area contributed by atoms with Gasteiger partial charge in [-0.2, -0.15) is 0 Å². The fraction of sp³-hybridized carbons (Fsp3) is 0.429. The molecule has 2 rings (SSSR count). The molecule has 0 amide bonds. The maximum absolute atomic E-state index is 11.2. The van der Waals surface area contributed by atoms with Crippen molar-refractivity contribution in [2.24, 2.45) is 4.99 Å². The summed E-state index contributed by atoms with van der Waals surface area (Å²) in [4.78, 5) is 20.9. The summed E-state index contributed by atoms with van der Waals surface area (Å²) in [5.74, 6) is 0.921. The van der Waals surface area contributed by atoms with Gasteiger partial charge in [0.05, 0.1) is 13.2 Å². The third kappa shape index (κ3) is 3.96. The highest BCUT2D eigenvalue weighted by atomic mass is 16.7. The van der Waals surface area contributed by atoms with Gasteiger partial charge in [-0.3, -0.25) is 9.83 Å². The maximum atomic E-state index is 11.2. The van der Waals surface area contributed by atoms with Crippen LogP contribution in [0.3, 0.4) is 0 Å². The normalized spacial score (nSPS) is 17.9. The second kappa shape index (κ2) is 6.91. The Morgan fingerprint density at radius 1 is 1.45 bits per heavy atom. The maximum Gasteiger partial charge on any atom is 0.344 e. The van der Waals surface area contributed by atoms with Crippen molar-refractivity contribution in [2.45, 2.75) is 20.0 Å². The van der Waals surface area contributed by atoms with Crippen LogP contribution in [-0.2, 0) is 14.4 Å². The quantitative estimate of drug-likeness (QED) is 0.822. The predicted octanol–water partition coefficient (Wildman–Crippen LogP) is 1.30. The number of nitrogens with zero attached hydrogens (tertiary/aromatic N) is 1. The Labute approximate surface area is 117 Å². The molecule has 0 spiro atoms. The minimum Gasteiger partial charge on any atom is -0.482 e. The molecule has 0 bridgehead atoms. The number of ether oxygens (including phenoxy) is 2. The summed E-state index contributed by atoms with van der Waals surface area (Å²) in [6.45, 7) is 4.59. The van der Waals surface area contributed by atoms with E-state index >= 15 is 0 Å². The summed E-state index contributed by atoms with van der Waals surface area (Å²) >= 11 is 0. The van der Waals surface area contributed by atoms with Crippen molar-refractivity contribution >= 4 is 11.8 Å². The number of rotatable bonds is 5. The summed E-state index contributed by atoms with van der Waals surface area (Å²) in [6.07, 6.45) is 0.0749. The molecule has 0 aliphatic carbocycles. The molecule has 0 saturated heterocycles.